The Kier molecular flexibility index (Phi) is 9.38. The van der Waals surface area contributed by atoms with Gasteiger partial charge < -0.3 is 19.7 Å². The molecule has 0 spiro atoms. The zero-order chi connectivity index (χ0) is 17.5. The van der Waals surface area contributed by atoms with Crippen molar-refractivity contribution in [3.63, 3.8) is 0 Å². The predicted molar refractivity (Wildman–Crippen MR) is 114 cm³/mol. The quantitative estimate of drug-likeness (QED) is 0.363. The number of ether oxygens (including phenoxy) is 2. The van der Waals surface area contributed by atoms with Gasteiger partial charge in [-0.25, -0.2) is 0 Å². The molecule has 0 unspecified atom stereocenters. The number of hydrogen-bond donors (Lipinski definition) is 1. The molecule has 0 heterocycles. The lowest BCUT2D eigenvalue weighted by Crippen LogP contribution is -2.38. The van der Waals surface area contributed by atoms with Gasteiger partial charge in [0.05, 0.1) is 14.2 Å². The third kappa shape index (κ3) is 6.56. The molecule has 0 saturated heterocycles. The van der Waals surface area contributed by atoms with E-state index in [0.29, 0.717) is 0 Å². The molecule has 1 aliphatic carbocycles. The summed E-state index contributed by atoms with van der Waals surface area (Å²) in [6.45, 7) is 6.76. The number of nitrogens with zero attached hydrogens (tertiary/aromatic N) is 2. The Morgan fingerprint density at radius 3 is 2.44 bits per heavy atom. The summed E-state index contributed by atoms with van der Waals surface area (Å²) in [5, 5.41) is 3.39. The van der Waals surface area contributed by atoms with Crippen LogP contribution in [0.2, 0.25) is 0 Å². The number of guanidine groups is 1. The highest BCUT2D eigenvalue weighted by Gasteiger charge is 2.20. The third-order valence-electron chi connectivity index (χ3n) is 4.44. The zero-order valence-corrected chi connectivity index (χ0v) is 18.4. The molecule has 1 N–H and O–H groups in total. The van der Waals surface area contributed by atoms with Crippen molar-refractivity contribution in [2.75, 3.05) is 34.4 Å². The average Bonchev–Trinajstić information content (AvgIpc) is 3.39. The lowest BCUT2D eigenvalue weighted by Gasteiger charge is -2.23. The molecule has 6 heteroatoms. The molecule has 0 bridgehead atoms. The van der Waals surface area contributed by atoms with E-state index < -0.39 is 0 Å². The zero-order valence-electron chi connectivity index (χ0n) is 16.1. The molecule has 25 heavy (non-hydrogen) atoms. The van der Waals surface area contributed by atoms with Crippen molar-refractivity contribution in [3.8, 4) is 11.5 Å². The molecule has 0 radical (unpaired) electrons. The minimum absolute atomic E-state index is 0. The summed E-state index contributed by atoms with van der Waals surface area (Å²) in [6.07, 6.45) is 3.97. The minimum atomic E-state index is 0. The minimum Gasteiger partial charge on any atom is -0.493 e. The van der Waals surface area contributed by atoms with Crippen molar-refractivity contribution in [1.29, 1.82) is 0 Å². The van der Waals surface area contributed by atoms with Crippen LogP contribution < -0.4 is 14.8 Å². The van der Waals surface area contributed by atoms with Crippen LogP contribution in [0.25, 0.3) is 0 Å². The van der Waals surface area contributed by atoms with Gasteiger partial charge in [-0.2, -0.15) is 0 Å². The van der Waals surface area contributed by atoms with Crippen molar-refractivity contribution < 1.29 is 9.47 Å². The fraction of sp³-hybridized carbons (Fsp3) is 0.632. The topological polar surface area (TPSA) is 46.1 Å². The second kappa shape index (κ2) is 10.7. The van der Waals surface area contributed by atoms with Crippen LogP contribution in [0.4, 0.5) is 0 Å². The average molecular weight is 461 g/mol. The summed E-state index contributed by atoms with van der Waals surface area (Å²) in [5.74, 6) is 3.41. The molecule has 1 saturated carbocycles. The highest BCUT2D eigenvalue weighted by atomic mass is 127. The highest BCUT2D eigenvalue weighted by Crippen LogP contribution is 2.32. The maximum atomic E-state index is 5.43. The molecular weight excluding hydrogens is 429 g/mol. The number of rotatable bonds is 8. The lowest BCUT2D eigenvalue weighted by atomic mass is 10.1. The van der Waals surface area contributed by atoms with Crippen molar-refractivity contribution in [3.05, 3.63) is 23.3 Å². The van der Waals surface area contributed by atoms with Crippen molar-refractivity contribution >= 4 is 29.9 Å². The molecule has 2 rings (SSSR count). The number of halogens is 1. The van der Waals surface area contributed by atoms with Gasteiger partial charge in [0.15, 0.2) is 17.5 Å². The van der Waals surface area contributed by atoms with Crippen LogP contribution in [0.1, 0.15) is 37.3 Å². The summed E-state index contributed by atoms with van der Waals surface area (Å²) >= 11 is 0. The van der Waals surface area contributed by atoms with Crippen LogP contribution in [0, 0.1) is 12.8 Å². The molecule has 0 amide bonds. The largest absolute Gasteiger partial charge is 0.493 e. The Balaban J connectivity index is 0.00000312. The van der Waals surface area contributed by atoms with Crippen LogP contribution in [0.3, 0.4) is 0 Å². The fourth-order valence-corrected chi connectivity index (χ4v) is 2.75. The Bertz CT molecular complexity index is 574. The van der Waals surface area contributed by atoms with E-state index in [9.17, 15) is 0 Å². The van der Waals surface area contributed by atoms with E-state index in [0.717, 1.165) is 43.0 Å². The van der Waals surface area contributed by atoms with Gasteiger partial charge in [-0.05, 0) is 49.4 Å². The summed E-state index contributed by atoms with van der Waals surface area (Å²) in [7, 11) is 5.41. The number of nitrogens with one attached hydrogen (secondary N) is 1. The van der Waals surface area contributed by atoms with Crippen LogP contribution in [0.5, 0.6) is 11.5 Å². The van der Waals surface area contributed by atoms with Gasteiger partial charge >= 0.3 is 0 Å². The first-order chi connectivity index (χ1) is 11.6. The van der Waals surface area contributed by atoms with Gasteiger partial charge in [0.25, 0.3) is 0 Å². The molecule has 142 valence electrons. The Morgan fingerprint density at radius 1 is 1.24 bits per heavy atom. The molecule has 1 aromatic rings. The lowest BCUT2D eigenvalue weighted by molar-refractivity contribution is 0.353. The second-order valence-corrected chi connectivity index (χ2v) is 6.46. The van der Waals surface area contributed by atoms with E-state index in [1.165, 1.54) is 30.4 Å². The molecule has 1 aromatic carbocycles. The Hall–Kier alpha value is -1.18. The number of benzene rings is 1. The van der Waals surface area contributed by atoms with Crippen LogP contribution >= 0.6 is 24.0 Å². The van der Waals surface area contributed by atoms with Crippen molar-refractivity contribution in [2.45, 2.75) is 39.7 Å². The highest BCUT2D eigenvalue weighted by molar-refractivity contribution is 14.0. The maximum Gasteiger partial charge on any atom is 0.193 e. The van der Waals surface area contributed by atoms with Crippen LogP contribution in [-0.4, -0.2) is 45.2 Å². The first kappa shape index (κ1) is 21.9. The van der Waals surface area contributed by atoms with E-state index in [2.05, 4.69) is 37.2 Å². The maximum absolute atomic E-state index is 5.43. The Morgan fingerprint density at radius 2 is 1.88 bits per heavy atom. The molecule has 0 atom stereocenters. The van der Waals surface area contributed by atoms with E-state index >= 15 is 0 Å². The van der Waals surface area contributed by atoms with E-state index in [1.54, 1.807) is 14.2 Å². The molecular formula is C19H32IN3O2. The summed E-state index contributed by atoms with van der Waals surface area (Å²) in [4.78, 5) is 6.94. The molecule has 5 nitrogen and oxygen atoms in total. The van der Waals surface area contributed by atoms with Gasteiger partial charge in [-0.15, -0.1) is 24.0 Å². The van der Waals surface area contributed by atoms with Crippen molar-refractivity contribution in [2.24, 2.45) is 10.9 Å². The van der Waals surface area contributed by atoms with Crippen molar-refractivity contribution in [1.82, 2.24) is 10.2 Å². The summed E-state index contributed by atoms with van der Waals surface area (Å²) < 4.78 is 10.8. The third-order valence-corrected chi connectivity index (χ3v) is 4.44. The van der Waals surface area contributed by atoms with E-state index in [4.69, 9.17) is 14.5 Å². The van der Waals surface area contributed by atoms with Gasteiger partial charge in [-0.3, -0.25) is 4.99 Å². The number of aryl methyl sites for hydroxylation is 1. The SMILES string of the molecule is CCNC(=NCCC1CC1)N(C)Cc1cc(OC)c(OC)cc1C.I. The van der Waals surface area contributed by atoms with Gasteiger partial charge in [0.1, 0.15) is 0 Å². The predicted octanol–water partition coefficient (Wildman–Crippen LogP) is 3.83. The first-order valence-corrected chi connectivity index (χ1v) is 8.80. The summed E-state index contributed by atoms with van der Waals surface area (Å²) in [6, 6.07) is 4.08. The van der Waals surface area contributed by atoms with Crippen LogP contribution in [-0.2, 0) is 6.54 Å². The fourth-order valence-electron chi connectivity index (χ4n) is 2.75. The molecule has 1 fully saturated rings. The van der Waals surface area contributed by atoms with Gasteiger partial charge in [0, 0.05) is 26.7 Å². The second-order valence-electron chi connectivity index (χ2n) is 6.46. The van der Waals surface area contributed by atoms with Gasteiger partial charge in [-0.1, -0.05) is 12.8 Å². The first-order valence-electron chi connectivity index (χ1n) is 8.80. The normalized spacial score (nSPS) is 13.9. The smallest absolute Gasteiger partial charge is 0.193 e. The van der Waals surface area contributed by atoms with E-state index in [-0.39, 0.29) is 24.0 Å². The number of aliphatic imine (C=N–C) groups is 1. The Labute approximate surface area is 169 Å². The number of hydrogen-bond acceptors (Lipinski definition) is 3. The molecule has 0 aliphatic heterocycles. The molecule has 0 aromatic heterocycles. The van der Waals surface area contributed by atoms with E-state index in [1.807, 2.05) is 6.07 Å². The van der Waals surface area contributed by atoms with Gasteiger partial charge in [0.2, 0.25) is 0 Å². The summed E-state index contributed by atoms with van der Waals surface area (Å²) in [5.41, 5.74) is 2.40. The molecule has 1 aliphatic rings. The standard InChI is InChI=1S/C19H31N3O2.HI/c1-6-20-19(21-10-9-15-7-8-15)22(3)13-16-12-18(24-5)17(23-4)11-14(16)2;/h11-12,15H,6-10,13H2,1-5H3,(H,20,21);1H. The number of methoxy groups -OCH3 is 2. The van der Waals surface area contributed by atoms with Crippen LogP contribution in [0.15, 0.2) is 17.1 Å². The monoisotopic (exact) mass is 461 g/mol.